The number of allylic oxidation sites excluding steroid dienone is 2. The number of sulfonamides is 1. The van der Waals surface area contributed by atoms with E-state index in [2.05, 4.69) is 4.40 Å². The van der Waals surface area contributed by atoms with Gasteiger partial charge in [-0.15, -0.1) is 11.8 Å². The fourth-order valence-electron chi connectivity index (χ4n) is 2.94. The molecule has 5 nitrogen and oxygen atoms in total. The molecule has 0 aromatic heterocycles. The molecule has 1 aliphatic heterocycles. The Kier molecular flexibility index (Phi) is 6.04. The van der Waals surface area contributed by atoms with Crippen LogP contribution in [-0.2, 0) is 14.8 Å². The maximum atomic E-state index is 12.7. The molecule has 1 heterocycles. The summed E-state index contributed by atoms with van der Waals surface area (Å²) in [6, 6.07) is 6.59. The Morgan fingerprint density at radius 2 is 1.96 bits per heavy atom. The number of nitrogens with zero attached hydrogens (tertiary/aromatic N) is 1. The SMILES string of the molecule is CCOC([O-])=C1C(=NS(=O)(=O)c2ccc(SC)cc2)SC2=C1CCCC2. The monoisotopic (exact) mass is 410 g/mol. The molecular weight excluding hydrogens is 390 g/mol. The molecule has 0 amide bonds. The molecule has 2 aliphatic rings. The van der Waals surface area contributed by atoms with Crippen LogP contribution in [0.4, 0.5) is 0 Å². The minimum atomic E-state index is -3.89. The minimum absolute atomic E-state index is 0.122. The van der Waals surface area contributed by atoms with Crippen molar-refractivity contribution in [3.63, 3.8) is 0 Å². The van der Waals surface area contributed by atoms with Gasteiger partial charge < -0.3 is 9.84 Å². The summed E-state index contributed by atoms with van der Waals surface area (Å²) in [6.07, 6.45) is 5.56. The smallest absolute Gasteiger partial charge is 0.283 e. The van der Waals surface area contributed by atoms with Crippen molar-refractivity contribution < 1.29 is 18.3 Å². The van der Waals surface area contributed by atoms with Gasteiger partial charge in [-0.1, -0.05) is 18.7 Å². The van der Waals surface area contributed by atoms with E-state index in [9.17, 15) is 13.5 Å². The summed E-state index contributed by atoms with van der Waals surface area (Å²) in [5.41, 5.74) is 1.24. The van der Waals surface area contributed by atoms with Crippen LogP contribution in [0.2, 0.25) is 0 Å². The summed E-state index contributed by atoms with van der Waals surface area (Å²) in [6.45, 7) is 1.98. The third-order valence-corrected chi connectivity index (χ3v) is 7.53. The van der Waals surface area contributed by atoms with E-state index in [0.717, 1.165) is 41.1 Å². The molecule has 1 aliphatic carbocycles. The molecule has 1 aromatic rings. The van der Waals surface area contributed by atoms with E-state index in [1.54, 1.807) is 31.2 Å². The largest absolute Gasteiger partial charge is 0.613 e. The molecule has 0 radical (unpaired) electrons. The second kappa shape index (κ2) is 8.10. The molecule has 0 saturated heterocycles. The third-order valence-electron chi connectivity index (χ3n) is 4.19. The summed E-state index contributed by atoms with van der Waals surface area (Å²) in [5, 5.41) is 12.7. The lowest BCUT2D eigenvalue weighted by Crippen LogP contribution is -2.16. The van der Waals surface area contributed by atoms with Crippen molar-refractivity contribution in [2.24, 2.45) is 4.40 Å². The Labute approximate surface area is 162 Å². The first-order valence-electron chi connectivity index (χ1n) is 8.40. The Hall–Kier alpha value is -1.38. The highest BCUT2D eigenvalue weighted by Crippen LogP contribution is 2.46. The topological polar surface area (TPSA) is 78.8 Å². The standard InChI is InChI=1S/C18H21NO4S3/c1-3-23-18(20)16-14-6-4-5-7-15(14)25-17(16)19-26(21,22)13-10-8-12(24-2)9-11-13/h8-11,20H,3-7H2,1-2H3/p-1. The Morgan fingerprint density at radius 3 is 2.62 bits per heavy atom. The molecular formula is C18H20NO4S3-. The second-order valence-corrected chi connectivity index (χ2v) is 9.42. The summed E-state index contributed by atoms with van der Waals surface area (Å²) < 4.78 is 34.6. The van der Waals surface area contributed by atoms with Crippen molar-refractivity contribution >= 4 is 38.6 Å². The highest BCUT2D eigenvalue weighted by atomic mass is 32.2. The van der Waals surface area contributed by atoms with Crippen LogP contribution < -0.4 is 5.11 Å². The van der Waals surface area contributed by atoms with Crippen molar-refractivity contribution in [3.8, 4) is 0 Å². The Morgan fingerprint density at radius 1 is 1.27 bits per heavy atom. The quantitative estimate of drug-likeness (QED) is 0.544. The van der Waals surface area contributed by atoms with Gasteiger partial charge in [0.15, 0.2) is 0 Å². The average molecular weight is 411 g/mol. The average Bonchev–Trinajstić information content (AvgIpc) is 2.99. The first-order chi connectivity index (χ1) is 12.5. The van der Waals surface area contributed by atoms with Crippen LogP contribution >= 0.6 is 23.5 Å². The fourth-order valence-corrected chi connectivity index (χ4v) is 5.80. The Balaban J connectivity index is 2.01. The van der Waals surface area contributed by atoms with Crippen molar-refractivity contribution in [1.82, 2.24) is 0 Å². The maximum Gasteiger partial charge on any atom is 0.283 e. The van der Waals surface area contributed by atoms with Crippen LogP contribution in [0, 0.1) is 0 Å². The van der Waals surface area contributed by atoms with Crippen LogP contribution in [0.5, 0.6) is 0 Å². The van der Waals surface area contributed by atoms with Gasteiger partial charge in [0.25, 0.3) is 10.0 Å². The molecule has 1 aromatic carbocycles. The van der Waals surface area contributed by atoms with Gasteiger partial charge in [-0.05, 0) is 73.3 Å². The fraction of sp³-hybridized carbons (Fsp3) is 0.389. The lowest BCUT2D eigenvalue weighted by molar-refractivity contribution is -0.357. The number of ether oxygens (including phenoxy) is 1. The first-order valence-corrected chi connectivity index (χ1v) is 11.9. The number of hydrogen-bond donors (Lipinski definition) is 0. The van der Waals surface area contributed by atoms with Gasteiger partial charge in [0.2, 0.25) is 0 Å². The van der Waals surface area contributed by atoms with E-state index < -0.39 is 16.0 Å². The zero-order valence-corrected chi connectivity index (χ0v) is 17.1. The van der Waals surface area contributed by atoms with Gasteiger partial charge in [0.05, 0.1) is 10.8 Å². The van der Waals surface area contributed by atoms with Gasteiger partial charge >= 0.3 is 0 Å². The van der Waals surface area contributed by atoms with Gasteiger partial charge in [-0.25, -0.2) is 0 Å². The first kappa shape index (κ1) is 19.4. The zero-order chi connectivity index (χ0) is 18.7. The molecule has 0 N–H and O–H groups in total. The zero-order valence-electron chi connectivity index (χ0n) is 14.6. The minimum Gasteiger partial charge on any atom is -0.613 e. The van der Waals surface area contributed by atoms with Crippen LogP contribution in [0.1, 0.15) is 32.6 Å². The van der Waals surface area contributed by atoms with Gasteiger partial charge in [0.1, 0.15) is 5.04 Å². The van der Waals surface area contributed by atoms with Gasteiger partial charge in [0, 0.05) is 10.5 Å². The number of hydrogen-bond acceptors (Lipinski definition) is 6. The van der Waals surface area contributed by atoms with E-state index in [-0.39, 0.29) is 16.5 Å². The second-order valence-electron chi connectivity index (χ2n) is 5.85. The predicted octanol–water partition coefficient (Wildman–Crippen LogP) is 3.68. The van der Waals surface area contributed by atoms with Crippen LogP contribution in [-0.4, -0.2) is 26.3 Å². The highest BCUT2D eigenvalue weighted by Gasteiger charge is 2.31. The van der Waals surface area contributed by atoms with E-state index >= 15 is 0 Å². The molecule has 0 bridgehead atoms. The number of rotatable bonds is 5. The third kappa shape index (κ3) is 3.97. The van der Waals surface area contributed by atoms with E-state index in [1.165, 1.54) is 23.5 Å². The van der Waals surface area contributed by atoms with Gasteiger partial charge in [-0.2, -0.15) is 12.8 Å². The van der Waals surface area contributed by atoms with Crippen molar-refractivity contribution in [2.75, 3.05) is 12.9 Å². The summed E-state index contributed by atoms with van der Waals surface area (Å²) in [5.74, 6) is -0.487. The molecule has 0 saturated carbocycles. The normalized spacial score (nSPS) is 21.1. The lowest BCUT2D eigenvalue weighted by Gasteiger charge is -2.19. The molecule has 0 spiro atoms. The molecule has 3 rings (SSSR count). The van der Waals surface area contributed by atoms with Crippen LogP contribution in [0.15, 0.2) is 60.5 Å². The van der Waals surface area contributed by atoms with E-state index in [0.29, 0.717) is 5.57 Å². The molecule has 0 fully saturated rings. The van der Waals surface area contributed by atoms with Crippen molar-refractivity contribution in [1.29, 1.82) is 0 Å². The van der Waals surface area contributed by atoms with Crippen LogP contribution in [0.25, 0.3) is 0 Å². The van der Waals surface area contributed by atoms with Crippen molar-refractivity contribution in [2.45, 2.75) is 42.4 Å². The highest BCUT2D eigenvalue weighted by molar-refractivity contribution is 8.18. The van der Waals surface area contributed by atoms with Crippen molar-refractivity contribution in [3.05, 3.63) is 46.3 Å². The summed E-state index contributed by atoms with van der Waals surface area (Å²) >= 11 is 2.83. The molecule has 8 heteroatoms. The Bertz CT molecular complexity index is 884. The predicted molar refractivity (Wildman–Crippen MR) is 105 cm³/mol. The van der Waals surface area contributed by atoms with E-state index in [1.807, 2.05) is 6.26 Å². The molecule has 0 atom stereocenters. The molecule has 26 heavy (non-hydrogen) atoms. The number of thioether (sulfide) groups is 2. The summed E-state index contributed by atoms with van der Waals surface area (Å²) in [7, 11) is -3.89. The summed E-state index contributed by atoms with van der Waals surface area (Å²) in [4.78, 5) is 2.14. The van der Waals surface area contributed by atoms with Gasteiger partial charge in [-0.3, -0.25) is 0 Å². The number of benzene rings is 1. The molecule has 0 unspecified atom stereocenters. The lowest BCUT2D eigenvalue weighted by atomic mass is 9.94. The molecule has 140 valence electrons. The maximum absolute atomic E-state index is 12.7. The van der Waals surface area contributed by atoms with E-state index in [4.69, 9.17) is 4.74 Å². The van der Waals surface area contributed by atoms with Crippen LogP contribution in [0.3, 0.4) is 0 Å².